The molecular formula is C50H74N10O15. The summed E-state index contributed by atoms with van der Waals surface area (Å²) in [6, 6.07) is 0.366. The number of hydrogen-bond acceptors (Lipinski definition) is 14. The monoisotopic (exact) mass is 1050 g/mol. The van der Waals surface area contributed by atoms with Crippen LogP contribution in [0.25, 0.3) is 0 Å². The number of aliphatic hydroxyl groups is 1. The highest BCUT2D eigenvalue weighted by molar-refractivity contribution is 5.99. The fourth-order valence-corrected chi connectivity index (χ4v) is 7.24. The number of carboxylic acid groups (broad SMARTS) is 2. The van der Waals surface area contributed by atoms with Crippen molar-refractivity contribution in [2.45, 2.75) is 148 Å². The smallest absolute Gasteiger partial charge is 0.326 e. The number of benzene rings is 2. The van der Waals surface area contributed by atoms with Crippen LogP contribution in [0.2, 0.25) is 0 Å². The summed E-state index contributed by atoms with van der Waals surface area (Å²) in [4.78, 5) is 145. The number of aromatic hydroxyl groups is 1. The first kappa shape index (κ1) is 63.4. The number of aliphatic hydroxyl groups excluding tert-OH is 1. The summed E-state index contributed by atoms with van der Waals surface area (Å²) in [5.41, 5.74) is 12.2. The van der Waals surface area contributed by atoms with E-state index in [1.165, 1.54) is 31.2 Å². The van der Waals surface area contributed by atoms with Gasteiger partial charge in [-0.3, -0.25) is 47.9 Å². The van der Waals surface area contributed by atoms with Crippen LogP contribution in [-0.4, -0.2) is 147 Å². The van der Waals surface area contributed by atoms with Crippen molar-refractivity contribution < 1.29 is 73.2 Å². The van der Waals surface area contributed by atoms with Gasteiger partial charge in [-0.2, -0.15) is 0 Å². The second-order valence-electron chi connectivity index (χ2n) is 19.1. The number of hydrogen-bond donors (Lipinski definition) is 14. The second kappa shape index (κ2) is 31.2. The van der Waals surface area contributed by atoms with E-state index in [0.29, 0.717) is 17.5 Å². The van der Waals surface area contributed by atoms with Crippen molar-refractivity contribution in [1.82, 2.24) is 42.5 Å². The molecule has 25 nitrogen and oxygen atoms in total. The van der Waals surface area contributed by atoms with Crippen LogP contribution in [0.3, 0.4) is 0 Å². The normalized spacial score (nSPS) is 15.1. The van der Waals surface area contributed by atoms with Gasteiger partial charge in [0.15, 0.2) is 0 Å². The molecule has 0 saturated heterocycles. The van der Waals surface area contributed by atoms with Gasteiger partial charge in [0.1, 0.15) is 54.1 Å². The van der Waals surface area contributed by atoms with Gasteiger partial charge in [0.05, 0.1) is 19.1 Å². The molecule has 2 rings (SSSR count). The van der Waals surface area contributed by atoms with E-state index in [9.17, 15) is 73.2 Å². The van der Waals surface area contributed by atoms with Gasteiger partial charge in [-0.25, -0.2) is 4.79 Å². The lowest BCUT2D eigenvalue weighted by Gasteiger charge is -2.28. The molecule has 10 atom stereocenters. The maximum absolute atomic E-state index is 14.1. The number of nitrogens with one attached hydrogen (secondary N) is 8. The quantitative estimate of drug-likeness (QED) is 0.0376. The predicted molar refractivity (Wildman–Crippen MR) is 270 cm³/mol. The molecule has 0 aliphatic carbocycles. The lowest BCUT2D eigenvalue weighted by Crippen LogP contribution is -2.61. The molecule has 2 aromatic rings. The second-order valence-corrected chi connectivity index (χ2v) is 19.1. The van der Waals surface area contributed by atoms with Gasteiger partial charge in [-0.15, -0.1) is 0 Å². The Morgan fingerprint density at radius 2 is 1.03 bits per heavy atom. The predicted octanol–water partition coefficient (Wildman–Crippen LogP) is -2.03. The maximum atomic E-state index is 14.1. The molecule has 2 aromatic carbocycles. The molecule has 16 N–H and O–H groups in total. The molecular weight excluding hydrogens is 981 g/mol. The summed E-state index contributed by atoms with van der Waals surface area (Å²) in [6.07, 6.45) is -2.16. The molecule has 25 heteroatoms. The molecule has 0 radical (unpaired) electrons. The Balaban J connectivity index is 2.37. The van der Waals surface area contributed by atoms with Crippen molar-refractivity contribution in [2.75, 3.05) is 6.61 Å². The number of aliphatic carboxylic acids is 2. The molecule has 0 bridgehead atoms. The zero-order valence-corrected chi connectivity index (χ0v) is 43.2. The van der Waals surface area contributed by atoms with Crippen molar-refractivity contribution in [3.8, 4) is 5.75 Å². The summed E-state index contributed by atoms with van der Waals surface area (Å²) in [7, 11) is 0. The number of phenolic OH excluding ortho intramolecular Hbond substituents is 1. The van der Waals surface area contributed by atoms with E-state index in [2.05, 4.69) is 42.5 Å². The van der Waals surface area contributed by atoms with Gasteiger partial charge in [-0.05, 0) is 60.8 Å². The van der Waals surface area contributed by atoms with E-state index in [1.54, 1.807) is 71.9 Å². The molecule has 0 aliphatic heterocycles. The maximum Gasteiger partial charge on any atom is 0.326 e. The third-order valence-electron chi connectivity index (χ3n) is 12.0. The minimum absolute atomic E-state index is 0.0451. The van der Waals surface area contributed by atoms with Crippen molar-refractivity contribution >= 4 is 65.1 Å². The average Bonchev–Trinajstić information content (AvgIpc) is 3.34. The fourth-order valence-electron chi connectivity index (χ4n) is 7.24. The highest BCUT2D eigenvalue weighted by Crippen LogP contribution is 2.14. The Morgan fingerprint density at radius 3 is 1.56 bits per heavy atom. The van der Waals surface area contributed by atoms with Crippen molar-refractivity contribution in [1.29, 1.82) is 0 Å². The Hall–Kier alpha value is -7.67. The standard InChI is InChI=1S/C50H74N10O15/c1-8-27(6)41(60-48(72)40(52)26(4)5)49(73)53-28(7)42(66)59-37(24-61)47(71)56-34(21-29-12-10-9-11-13-29)45(69)57-35(23-39(64)65)46(70)54-32(18-19-38(51)63)43(67)55-33(20-25(2)3)44(68)58-36(50(74)75)22-30-14-16-31(62)17-15-30/h9-17,25-28,32-37,40-41,61-62H,8,18-24,52H2,1-7H3,(H2,51,63)(H,53,73)(H,54,70)(H,55,67)(H,56,71)(H,57,69)(H,58,68)(H,59,66)(H,60,72)(H,64,65)(H,74,75)/t27-,28-,32-,33-,34-,35-,36-,37-,40-,41-/m0/s1. The van der Waals surface area contributed by atoms with Crippen molar-refractivity contribution in [2.24, 2.45) is 29.2 Å². The molecule has 75 heavy (non-hydrogen) atoms. The average molecular weight is 1060 g/mol. The molecule has 0 saturated carbocycles. The number of phenols is 1. The SMILES string of the molecule is CC[C@H](C)[C@H](NC(=O)[C@@H](N)C(C)C)C(=O)N[C@@H](C)C(=O)N[C@@H](CO)C(=O)N[C@@H](Cc1ccccc1)C(=O)N[C@@H](CC(=O)O)C(=O)N[C@@H](CCC(N)=O)C(=O)N[C@@H](CC(C)C)C(=O)N[C@@H](Cc1ccc(O)cc1)C(=O)O. The Labute approximate surface area is 434 Å². The number of carbonyl (C=O) groups is 11. The first-order valence-corrected chi connectivity index (χ1v) is 24.5. The zero-order chi connectivity index (χ0) is 56.7. The summed E-state index contributed by atoms with van der Waals surface area (Å²) >= 11 is 0. The van der Waals surface area contributed by atoms with E-state index >= 15 is 0 Å². The van der Waals surface area contributed by atoms with Gasteiger partial charge in [0.25, 0.3) is 0 Å². The number of amides is 9. The molecule has 0 spiro atoms. The third-order valence-corrected chi connectivity index (χ3v) is 12.0. The van der Waals surface area contributed by atoms with E-state index in [1.807, 2.05) is 0 Å². The summed E-state index contributed by atoms with van der Waals surface area (Å²) < 4.78 is 0. The topological polar surface area (TPSA) is 417 Å². The Bertz CT molecular complexity index is 2300. The van der Waals surface area contributed by atoms with E-state index in [4.69, 9.17) is 11.5 Å². The van der Waals surface area contributed by atoms with Crippen LogP contribution >= 0.6 is 0 Å². The summed E-state index contributed by atoms with van der Waals surface area (Å²) in [5.74, 6) is -12.7. The molecule has 0 fully saturated rings. The molecule has 0 aliphatic rings. The Morgan fingerprint density at radius 1 is 0.547 bits per heavy atom. The van der Waals surface area contributed by atoms with E-state index in [0.717, 1.165) is 0 Å². The van der Waals surface area contributed by atoms with Crippen molar-refractivity contribution in [3.63, 3.8) is 0 Å². The first-order valence-electron chi connectivity index (χ1n) is 24.5. The number of nitrogens with two attached hydrogens (primary N) is 2. The van der Waals surface area contributed by atoms with Crippen LogP contribution in [0.5, 0.6) is 5.75 Å². The van der Waals surface area contributed by atoms with Crippen LogP contribution < -0.4 is 54.0 Å². The lowest BCUT2D eigenvalue weighted by molar-refractivity contribution is -0.142. The molecule has 9 amide bonds. The number of carbonyl (C=O) groups excluding carboxylic acids is 9. The van der Waals surface area contributed by atoms with Gasteiger partial charge >= 0.3 is 11.9 Å². The molecule has 0 heterocycles. The van der Waals surface area contributed by atoms with E-state index in [-0.39, 0.29) is 36.8 Å². The fraction of sp³-hybridized carbons (Fsp3) is 0.540. The van der Waals surface area contributed by atoms with Crippen LogP contribution in [-0.2, 0) is 65.6 Å². The van der Waals surface area contributed by atoms with Crippen LogP contribution in [0.15, 0.2) is 54.6 Å². The third kappa shape index (κ3) is 22.1. The zero-order valence-electron chi connectivity index (χ0n) is 43.2. The summed E-state index contributed by atoms with van der Waals surface area (Å²) in [5, 5.41) is 58.9. The van der Waals surface area contributed by atoms with Gasteiger partial charge in [0.2, 0.25) is 53.2 Å². The molecule has 414 valence electrons. The molecule has 0 aromatic heterocycles. The number of rotatable bonds is 32. The summed E-state index contributed by atoms with van der Waals surface area (Å²) in [6.45, 7) is 10.6. The highest BCUT2D eigenvalue weighted by atomic mass is 16.4. The van der Waals surface area contributed by atoms with Crippen LogP contribution in [0, 0.1) is 17.8 Å². The van der Waals surface area contributed by atoms with Gasteiger partial charge < -0.3 is 74.4 Å². The highest BCUT2D eigenvalue weighted by Gasteiger charge is 2.36. The minimum atomic E-state index is -1.97. The van der Waals surface area contributed by atoms with Crippen LogP contribution in [0.1, 0.15) is 91.7 Å². The lowest BCUT2D eigenvalue weighted by atomic mass is 9.96. The Kier molecular flexibility index (Phi) is 26.4. The van der Waals surface area contributed by atoms with Crippen molar-refractivity contribution in [3.05, 3.63) is 65.7 Å². The minimum Gasteiger partial charge on any atom is -0.508 e. The number of primary amides is 1. The molecule has 0 unspecified atom stereocenters. The van der Waals surface area contributed by atoms with E-state index < -0.39 is 151 Å². The largest absolute Gasteiger partial charge is 0.508 e. The van der Waals surface area contributed by atoms with Gasteiger partial charge in [-0.1, -0.05) is 90.4 Å². The number of carboxylic acids is 2. The van der Waals surface area contributed by atoms with Crippen LogP contribution in [0.4, 0.5) is 0 Å². The van der Waals surface area contributed by atoms with Gasteiger partial charge in [0, 0.05) is 19.3 Å². The first-order chi connectivity index (χ1) is 35.2.